The van der Waals surface area contributed by atoms with E-state index in [4.69, 9.17) is 5.73 Å². The average Bonchev–Trinajstić information content (AvgIpc) is 2.96. The van der Waals surface area contributed by atoms with Crippen LogP contribution >= 0.6 is 0 Å². The average molecular weight is 340 g/mol. The van der Waals surface area contributed by atoms with Crippen molar-refractivity contribution in [2.24, 2.45) is 7.05 Å². The summed E-state index contributed by atoms with van der Waals surface area (Å²) in [4.78, 5) is 28.8. The lowest BCUT2D eigenvalue weighted by atomic mass is 10.1. The number of fused-ring (bicyclic) bond motifs is 1. The van der Waals surface area contributed by atoms with Crippen LogP contribution in [0.1, 0.15) is 30.1 Å². The third kappa shape index (κ3) is 3.37. The molecule has 0 aliphatic heterocycles. The van der Waals surface area contributed by atoms with Gasteiger partial charge in [0.05, 0.1) is 0 Å². The predicted molar refractivity (Wildman–Crippen MR) is 95.3 cm³/mol. The summed E-state index contributed by atoms with van der Waals surface area (Å²) in [5, 5.41) is 6.82. The molecule has 3 aromatic rings. The Hall–Kier alpha value is -3.16. The first kappa shape index (κ1) is 16.7. The van der Waals surface area contributed by atoms with E-state index >= 15 is 0 Å². The van der Waals surface area contributed by atoms with Gasteiger partial charge in [0.2, 0.25) is 5.95 Å². The van der Waals surface area contributed by atoms with Gasteiger partial charge in [0.25, 0.3) is 11.5 Å². The first-order chi connectivity index (χ1) is 12.0. The van der Waals surface area contributed by atoms with Crippen LogP contribution in [0.4, 0.5) is 5.95 Å². The van der Waals surface area contributed by atoms with Gasteiger partial charge in [-0.15, -0.1) is 5.10 Å². The molecule has 3 aromatic heterocycles. The van der Waals surface area contributed by atoms with Crippen molar-refractivity contribution in [2.75, 3.05) is 12.3 Å². The van der Waals surface area contributed by atoms with Gasteiger partial charge in [-0.3, -0.25) is 9.59 Å². The fourth-order valence-corrected chi connectivity index (χ4v) is 2.58. The Bertz CT molecular complexity index is 988. The Kier molecular flexibility index (Phi) is 4.51. The largest absolute Gasteiger partial charge is 0.366 e. The number of aryl methyl sites for hydroxylation is 1. The molecular formula is C17H20N6O2. The first-order valence-electron chi connectivity index (χ1n) is 8.10. The Labute approximate surface area is 144 Å². The van der Waals surface area contributed by atoms with E-state index < -0.39 is 0 Å². The van der Waals surface area contributed by atoms with E-state index in [-0.39, 0.29) is 23.0 Å². The van der Waals surface area contributed by atoms with E-state index in [2.05, 4.69) is 15.4 Å². The van der Waals surface area contributed by atoms with Crippen LogP contribution in [-0.4, -0.2) is 31.6 Å². The van der Waals surface area contributed by atoms with Crippen LogP contribution in [0.2, 0.25) is 0 Å². The minimum absolute atomic E-state index is 0.122. The standard InChI is InChI=1S/C17H20N6O2/c1-3-4-6-19-15(24)13-8-12(10-22(2)16(13)25)11-5-7-23-14(9-11)20-17(18)21-23/h5,7-10H,3-4,6H2,1-2H3,(H2,18,21)(H,19,24). The molecule has 3 rings (SSSR count). The molecule has 8 nitrogen and oxygen atoms in total. The number of amides is 1. The Morgan fingerprint density at radius 3 is 2.88 bits per heavy atom. The van der Waals surface area contributed by atoms with Crippen LogP contribution in [-0.2, 0) is 7.05 Å². The molecule has 0 atom stereocenters. The van der Waals surface area contributed by atoms with Gasteiger partial charge in [-0.25, -0.2) is 4.52 Å². The van der Waals surface area contributed by atoms with E-state index in [0.29, 0.717) is 12.2 Å². The number of hydrogen-bond donors (Lipinski definition) is 2. The van der Waals surface area contributed by atoms with Crippen LogP contribution in [0.15, 0.2) is 35.4 Å². The van der Waals surface area contributed by atoms with Gasteiger partial charge in [0, 0.05) is 26.0 Å². The number of pyridine rings is 2. The van der Waals surface area contributed by atoms with Gasteiger partial charge in [-0.05, 0) is 35.7 Å². The van der Waals surface area contributed by atoms with Crippen molar-refractivity contribution in [3.63, 3.8) is 0 Å². The van der Waals surface area contributed by atoms with E-state index in [1.165, 1.54) is 4.57 Å². The fraction of sp³-hybridized carbons (Fsp3) is 0.294. The number of aromatic nitrogens is 4. The van der Waals surface area contributed by atoms with Crippen LogP contribution in [0, 0.1) is 0 Å². The molecule has 0 unspecified atom stereocenters. The lowest BCUT2D eigenvalue weighted by Crippen LogP contribution is -2.32. The summed E-state index contributed by atoms with van der Waals surface area (Å²) in [7, 11) is 1.63. The third-order valence-corrected chi connectivity index (χ3v) is 3.93. The topological polar surface area (TPSA) is 107 Å². The molecule has 1 amide bonds. The van der Waals surface area contributed by atoms with Crippen molar-refractivity contribution in [1.82, 2.24) is 24.5 Å². The molecule has 0 aliphatic rings. The van der Waals surface area contributed by atoms with Crippen molar-refractivity contribution in [3.05, 3.63) is 46.5 Å². The van der Waals surface area contributed by atoms with Gasteiger partial charge in [0.15, 0.2) is 5.65 Å². The number of nitrogens with two attached hydrogens (primary N) is 1. The highest BCUT2D eigenvalue weighted by Crippen LogP contribution is 2.20. The molecule has 0 spiro atoms. The number of carbonyl (C=O) groups excluding carboxylic acids is 1. The predicted octanol–water partition coefficient (Wildman–Crippen LogP) is 1.21. The molecule has 25 heavy (non-hydrogen) atoms. The van der Waals surface area contributed by atoms with E-state index in [9.17, 15) is 9.59 Å². The second kappa shape index (κ2) is 6.76. The van der Waals surface area contributed by atoms with Crippen molar-refractivity contribution in [3.8, 4) is 11.1 Å². The SMILES string of the molecule is CCCCNC(=O)c1cc(-c2ccn3nc(N)nc3c2)cn(C)c1=O. The normalized spacial score (nSPS) is 11.0. The van der Waals surface area contributed by atoms with Gasteiger partial charge < -0.3 is 15.6 Å². The molecule has 0 radical (unpaired) electrons. The van der Waals surface area contributed by atoms with Crippen LogP contribution in [0.3, 0.4) is 0 Å². The molecule has 0 saturated carbocycles. The molecule has 130 valence electrons. The van der Waals surface area contributed by atoms with Crippen molar-refractivity contribution in [1.29, 1.82) is 0 Å². The maximum absolute atomic E-state index is 12.3. The summed E-state index contributed by atoms with van der Waals surface area (Å²) < 4.78 is 2.98. The zero-order chi connectivity index (χ0) is 18.0. The van der Waals surface area contributed by atoms with Gasteiger partial charge in [-0.2, -0.15) is 4.98 Å². The summed E-state index contributed by atoms with van der Waals surface area (Å²) >= 11 is 0. The minimum atomic E-state index is -0.358. The smallest absolute Gasteiger partial charge is 0.263 e. The van der Waals surface area contributed by atoms with Crippen molar-refractivity contribution >= 4 is 17.5 Å². The lowest BCUT2D eigenvalue weighted by molar-refractivity contribution is 0.0951. The molecule has 3 heterocycles. The zero-order valence-electron chi connectivity index (χ0n) is 14.2. The highest BCUT2D eigenvalue weighted by molar-refractivity contribution is 5.95. The number of rotatable bonds is 5. The summed E-state index contributed by atoms with van der Waals surface area (Å²) in [5.41, 5.74) is 7.55. The quantitative estimate of drug-likeness (QED) is 0.679. The van der Waals surface area contributed by atoms with E-state index in [0.717, 1.165) is 24.0 Å². The summed E-state index contributed by atoms with van der Waals surface area (Å²) in [5.74, 6) is -0.169. The summed E-state index contributed by atoms with van der Waals surface area (Å²) in [6.07, 6.45) is 5.27. The molecular weight excluding hydrogens is 320 g/mol. The highest BCUT2D eigenvalue weighted by Gasteiger charge is 2.14. The third-order valence-electron chi connectivity index (χ3n) is 3.93. The molecule has 3 N–H and O–H groups in total. The van der Waals surface area contributed by atoms with Gasteiger partial charge >= 0.3 is 0 Å². The van der Waals surface area contributed by atoms with E-state index in [1.807, 2.05) is 19.1 Å². The fourth-order valence-electron chi connectivity index (χ4n) is 2.58. The highest BCUT2D eigenvalue weighted by atomic mass is 16.2. The maximum Gasteiger partial charge on any atom is 0.263 e. The minimum Gasteiger partial charge on any atom is -0.366 e. The zero-order valence-corrected chi connectivity index (χ0v) is 14.2. The molecule has 0 fully saturated rings. The Balaban J connectivity index is 2.00. The second-order valence-corrected chi connectivity index (χ2v) is 5.86. The lowest BCUT2D eigenvalue weighted by Gasteiger charge is -2.09. The molecule has 8 heteroatoms. The second-order valence-electron chi connectivity index (χ2n) is 5.86. The van der Waals surface area contributed by atoms with Crippen LogP contribution < -0.4 is 16.6 Å². The molecule has 0 aromatic carbocycles. The number of nitrogens with zero attached hydrogens (tertiary/aromatic N) is 4. The maximum atomic E-state index is 12.3. The Morgan fingerprint density at radius 2 is 2.12 bits per heavy atom. The summed E-state index contributed by atoms with van der Waals surface area (Å²) in [6.45, 7) is 2.59. The number of nitrogen functional groups attached to an aromatic ring is 1. The first-order valence-corrected chi connectivity index (χ1v) is 8.10. The number of nitrogens with one attached hydrogen (secondary N) is 1. The molecule has 0 aliphatic carbocycles. The van der Waals surface area contributed by atoms with Gasteiger partial charge in [-0.1, -0.05) is 13.3 Å². The molecule has 0 bridgehead atoms. The number of hydrogen-bond acceptors (Lipinski definition) is 5. The van der Waals surface area contributed by atoms with Crippen LogP contribution in [0.25, 0.3) is 16.8 Å². The van der Waals surface area contributed by atoms with Crippen molar-refractivity contribution in [2.45, 2.75) is 19.8 Å². The Morgan fingerprint density at radius 1 is 1.32 bits per heavy atom. The molecule has 0 saturated heterocycles. The van der Waals surface area contributed by atoms with Crippen LogP contribution in [0.5, 0.6) is 0 Å². The number of carbonyl (C=O) groups is 1. The number of unbranched alkanes of at least 4 members (excludes halogenated alkanes) is 1. The summed E-state index contributed by atoms with van der Waals surface area (Å²) in [6, 6.07) is 5.25. The van der Waals surface area contributed by atoms with E-state index in [1.54, 1.807) is 30.0 Å². The monoisotopic (exact) mass is 340 g/mol. The van der Waals surface area contributed by atoms with Crippen molar-refractivity contribution < 1.29 is 4.79 Å². The van der Waals surface area contributed by atoms with Gasteiger partial charge in [0.1, 0.15) is 5.56 Å². The number of anilines is 1.